The minimum absolute atomic E-state index is 0.0666. The van der Waals surface area contributed by atoms with Gasteiger partial charge in [-0.3, -0.25) is 9.69 Å². The van der Waals surface area contributed by atoms with Crippen LogP contribution in [0, 0.1) is 0 Å². The summed E-state index contributed by atoms with van der Waals surface area (Å²) in [5, 5.41) is 9.66. The lowest BCUT2D eigenvalue weighted by Crippen LogP contribution is -2.35. The highest BCUT2D eigenvalue weighted by Gasteiger charge is 2.24. The Bertz CT molecular complexity index is 1170. The van der Waals surface area contributed by atoms with Crippen LogP contribution in [0.1, 0.15) is 31.4 Å². The number of benzene rings is 2. The molecular weight excluding hydrogens is 364 g/mol. The summed E-state index contributed by atoms with van der Waals surface area (Å²) >= 11 is 0. The van der Waals surface area contributed by atoms with Crippen molar-refractivity contribution in [1.29, 1.82) is 0 Å². The van der Waals surface area contributed by atoms with Crippen LogP contribution >= 0.6 is 0 Å². The van der Waals surface area contributed by atoms with Gasteiger partial charge in [0, 0.05) is 49.0 Å². The molecule has 1 N–H and O–H groups in total. The Morgan fingerprint density at radius 2 is 1.90 bits per heavy atom. The number of rotatable bonds is 4. The van der Waals surface area contributed by atoms with E-state index in [-0.39, 0.29) is 5.91 Å². The van der Waals surface area contributed by atoms with E-state index < -0.39 is 0 Å². The second-order valence-electron chi connectivity index (χ2n) is 7.74. The van der Waals surface area contributed by atoms with Gasteiger partial charge in [0.15, 0.2) is 0 Å². The monoisotopic (exact) mass is 388 g/mol. The van der Waals surface area contributed by atoms with Crippen molar-refractivity contribution in [3.63, 3.8) is 0 Å². The maximum Gasteiger partial charge on any atom is 0.222 e. The first-order valence-corrected chi connectivity index (χ1v) is 10.1. The number of fused-ring (bicyclic) bond motifs is 3. The zero-order valence-corrected chi connectivity index (χ0v) is 16.5. The van der Waals surface area contributed by atoms with Crippen LogP contribution in [0.4, 0.5) is 5.82 Å². The van der Waals surface area contributed by atoms with Gasteiger partial charge in [-0.1, -0.05) is 36.4 Å². The Morgan fingerprint density at radius 3 is 2.72 bits per heavy atom. The van der Waals surface area contributed by atoms with Gasteiger partial charge in [-0.05, 0) is 18.9 Å². The molecule has 0 unspecified atom stereocenters. The highest BCUT2D eigenvalue weighted by molar-refractivity contribution is 6.05. The molecule has 0 radical (unpaired) electrons. The van der Waals surface area contributed by atoms with E-state index >= 15 is 0 Å². The number of hydrogen-bond acceptors (Lipinski definition) is 4. The molecule has 2 aromatic carbocycles. The van der Waals surface area contributed by atoms with Crippen LogP contribution < -0.4 is 5.32 Å². The highest BCUT2D eigenvalue weighted by atomic mass is 16.3. The van der Waals surface area contributed by atoms with E-state index in [2.05, 4.69) is 45.6 Å². The summed E-state index contributed by atoms with van der Waals surface area (Å²) in [6, 6.07) is 16.8. The van der Waals surface area contributed by atoms with Crippen molar-refractivity contribution < 1.29 is 9.21 Å². The topological polar surface area (TPSA) is 63.3 Å². The standard InChI is InChI=1S/C23H24N4O2/c1-16(28)25-22-9-12-24-27(22)18-10-13-26(14-11-18)15-17-5-4-7-20-19-6-2-3-8-21(19)29-23(17)20/h2-9,12,18H,10-11,13-15H2,1H3,(H,25,28). The molecule has 0 bridgehead atoms. The van der Waals surface area contributed by atoms with E-state index in [1.54, 1.807) is 6.20 Å². The summed E-state index contributed by atoms with van der Waals surface area (Å²) < 4.78 is 8.13. The van der Waals surface area contributed by atoms with Crippen LogP contribution in [0.3, 0.4) is 0 Å². The number of hydrogen-bond donors (Lipinski definition) is 1. The lowest BCUT2D eigenvalue weighted by Gasteiger charge is -2.32. The molecule has 0 aliphatic carbocycles. The Balaban J connectivity index is 1.31. The van der Waals surface area contributed by atoms with Crippen molar-refractivity contribution in [2.75, 3.05) is 18.4 Å². The molecule has 1 aliphatic heterocycles. The van der Waals surface area contributed by atoms with Gasteiger partial charge in [0.1, 0.15) is 17.0 Å². The van der Waals surface area contributed by atoms with Crippen molar-refractivity contribution in [2.24, 2.45) is 0 Å². The van der Waals surface area contributed by atoms with Crippen LogP contribution in [0.15, 0.2) is 59.1 Å². The molecule has 29 heavy (non-hydrogen) atoms. The van der Waals surface area contributed by atoms with E-state index in [0.717, 1.165) is 49.5 Å². The summed E-state index contributed by atoms with van der Waals surface area (Å²) in [5.74, 6) is 0.714. The fourth-order valence-corrected chi connectivity index (χ4v) is 4.38. The van der Waals surface area contributed by atoms with Crippen LogP contribution in [-0.4, -0.2) is 33.7 Å². The summed E-state index contributed by atoms with van der Waals surface area (Å²) in [7, 11) is 0. The molecule has 1 saturated heterocycles. The molecule has 5 rings (SSSR count). The zero-order valence-electron chi connectivity index (χ0n) is 16.5. The van der Waals surface area contributed by atoms with Gasteiger partial charge in [-0.15, -0.1) is 0 Å². The SMILES string of the molecule is CC(=O)Nc1ccnn1C1CCN(Cc2cccc3c2oc2ccccc23)CC1. The second kappa shape index (κ2) is 7.37. The number of aromatic nitrogens is 2. The largest absolute Gasteiger partial charge is 0.456 e. The van der Waals surface area contributed by atoms with Crippen molar-refractivity contribution in [3.05, 3.63) is 60.3 Å². The quantitative estimate of drug-likeness (QED) is 0.556. The number of piperidine rings is 1. The number of likely N-dealkylation sites (tertiary alicyclic amines) is 1. The van der Waals surface area contributed by atoms with E-state index in [9.17, 15) is 4.79 Å². The van der Waals surface area contributed by atoms with Gasteiger partial charge in [-0.2, -0.15) is 5.10 Å². The Hall–Kier alpha value is -3.12. The zero-order chi connectivity index (χ0) is 19.8. The molecule has 6 heteroatoms. The van der Waals surface area contributed by atoms with Crippen molar-refractivity contribution in [2.45, 2.75) is 32.4 Å². The molecule has 0 spiro atoms. The maximum absolute atomic E-state index is 11.4. The number of carbonyl (C=O) groups is 1. The molecule has 1 fully saturated rings. The fraction of sp³-hybridized carbons (Fsp3) is 0.304. The first-order valence-electron chi connectivity index (χ1n) is 10.1. The number of para-hydroxylation sites is 2. The highest BCUT2D eigenvalue weighted by Crippen LogP contribution is 2.32. The molecule has 0 saturated carbocycles. The van der Waals surface area contributed by atoms with Crippen LogP contribution in [-0.2, 0) is 11.3 Å². The molecular formula is C23H24N4O2. The van der Waals surface area contributed by atoms with Gasteiger partial charge in [-0.25, -0.2) is 4.68 Å². The van der Waals surface area contributed by atoms with Crippen molar-refractivity contribution >= 4 is 33.7 Å². The van der Waals surface area contributed by atoms with E-state index in [0.29, 0.717) is 6.04 Å². The van der Waals surface area contributed by atoms with E-state index in [1.165, 1.54) is 23.3 Å². The Morgan fingerprint density at radius 1 is 1.10 bits per heavy atom. The number of furan rings is 1. The number of nitrogens with one attached hydrogen (secondary N) is 1. The minimum Gasteiger partial charge on any atom is -0.456 e. The molecule has 6 nitrogen and oxygen atoms in total. The Labute approximate surface area is 169 Å². The third kappa shape index (κ3) is 3.40. The molecule has 0 atom stereocenters. The molecule has 148 valence electrons. The lowest BCUT2D eigenvalue weighted by atomic mass is 10.0. The first kappa shape index (κ1) is 17.9. The first-order chi connectivity index (χ1) is 14.2. The molecule has 2 aromatic heterocycles. The van der Waals surface area contributed by atoms with E-state index in [1.807, 2.05) is 22.9 Å². The summed E-state index contributed by atoms with van der Waals surface area (Å²) in [4.78, 5) is 13.9. The predicted molar refractivity (Wildman–Crippen MR) is 114 cm³/mol. The Kier molecular flexibility index (Phi) is 4.56. The molecule has 3 heterocycles. The van der Waals surface area contributed by atoms with Crippen molar-refractivity contribution in [3.8, 4) is 0 Å². The average molecular weight is 388 g/mol. The summed E-state index contributed by atoms with van der Waals surface area (Å²) in [6.07, 6.45) is 3.76. The summed E-state index contributed by atoms with van der Waals surface area (Å²) in [6.45, 7) is 4.38. The third-order valence-corrected chi connectivity index (χ3v) is 5.76. The predicted octanol–water partition coefficient (Wildman–Crippen LogP) is 4.58. The number of carbonyl (C=O) groups excluding carboxylic acids is 1. The van der Waals surface area contributed by atoms with Crippen molar-refractivity contribution in [1.82, 2.24) is 14.7 Å². The number of amides is 1. The van der Waals surface area contributed by atoms with Gasteiger partial charge in [0.2, 0.25) is 5.91 Å². The van der Waals surface area contributed by atoms with Gasteiger partial charge < -0.3 is 9.73 Å². The van der Waals surface area contributed by atoms with Crippen LogP contribution in [0.5, 0.6) is 0 Å². The third-order valence-electron chi connectivity index (χ3n) is 5.76. The van der Waals surface area contributed by atoms with Crippen LogP contribution in [0.25, 0.3) is 21.9 Å². The molecule has 1 aliphatic rings. The van der Waals surface area contributed by atoms with Crippen LogP contribution in [0.2, 0.25) is 0 Å². The maximum atomic E-state index is 11.4. The second-order valence-corrected chi connectivity index (χ2v) is 7.74. The van der Waals surface area contributed by atoms with E-state index in [4.69, 9.17) is 4.42 Å². The number of anilines is 1. The molecule has 4 aromatic rings. The fourth-order valence-electron chi connectivity index (χ4n) is 4.38. The molecule has 1 amide bonds. The minimum atomic E-state index is -0.0666. The average Bonchev–Trinajstić information content (AvgIpc) is 3.33. The smallest absolute Gasteiger partial charge is 0.222 e. The normalized spacial score (nSPS) is 15.9. The van der Waals surface area contributed by atoms with Gasteiger partial charge in [0.25, 0.3) is 0 Å². The van der Waals surface area contributed by atoms with Gasteiger partial charge in [0.05, 0.1) is 12.2 Å². The lowest BCUT2D eigenvalue weighted by molar-refractivity contribution is -0.114. The van der Waals surface area contributed by atoms with Gasteiger partial charge >= 0.3 is 0 Å². The summed E-state index contributed by atoms with van der Waals surface area (Å²) in [5.41, 5.74) is 3.17. The number of nitrogens with zero attached hydrogens (tertiary/aromatic N) is 3.